The Hall–Kier alpha value is -2.04. The smallest absolute Gasteiger partial charge is 0.410 e. The number of piperidine rings is 1. The Kier molecular flexibility index (Phi) is 6.92. The monoisotopic (exact) mass is 358 g/mol. The van der Waals surface area contributed by atoms with Gasteiger partial charge in [0.1, 0.15) is 5.75 Å². The number of likely N-dealkylation sites (tertiary alicyclic amines) is 1. The van der Waals surface area contributed by atoms with E-state index < -0.39 is 0 Å². The molecule has 0 spiro atoms. The lowest BCUT2D eigenvalue weighted by atomic mass is 9.87. The van der Waals surface area contributed by atoms with E-state index in [0.29, 0.717) is 37.1 Å². The van der Waals surface area contributed by atoms with Gasteiger partial charge in [-0.3, -0.25) is 4.79 Å². The van der Waals surface area contributed by atoms with Crippen molar-refractivity contribution < 1.29 is 14.3 Å². The van der Waals surface area contributed by atoms with Crippen LogP contribution in [-0.2, 0) is 4.79 Å². The van der Waals surface area contributed by atoms with Gasteiger partial charge >= 0.3 is 6.09 Å². The first-order valence-corrected chi connectivity index (χ1v) is 9.99. The van der Waals surface area contributed by atoms with E-state index in [0.717, 1.165) is 19.4 Å². The van der Waals surface area contributed by atoms with Crippen LogP contribution in [0.1, 0.15) is 51.4 Å². The van der Waals surface area contributed by atoms with Gasteiger partial charge in [-0.15, -0.1) is 0 Å². The molecule has 3 rings (SSSR count). The first kappa shape index (κ1) is 18.7. The molecule has 1 aromatic carbocycles. The molecule has 0 bridgehead atoms. The van der Waals surface area contributed by atoms with Crippen molar-refractivity contribution in [3.8, 4) is 5.75 Å². The van der Waals surface area contributed by atoms with E-state index in [-0.39, 0.29) is 12.0 Å². The quantitative estimate of drug-likeness (QED) is 0.866. The van der Waals surface area contributed by atoms with E-state index in [1.807, 2.05) is 18.2 Å². The molecule has 0 aromatic heterocycles. The van der Waals surface area contributed by atoms with Crippen molar-refractivity contribution in [3.63, 3.8) is 0 Å². The number of carbonyl (C=O) groups is 2. The molecule has 1 saturated carbocycles. The van der Waals surface area contributed by atoms with Gasteiger partial charge in [0.05, 0.1) is 0 Å². The molecule has 142 valence electrons. The minimum Gasteiger partial charge on any atom is -0.410 e. The SMILES string of the molecule is O=C(CC1CCCCC1)NCC1CCN(C(=O)Oc2ccccc2)CC1. The highest BCUT2D eigenvalue weighted by Crippen LogP contribution is 2.26. The number of benzene rings is 1. The summed E-state index contributed by atoms with van der Waals surface area (Å²) in [5, 5.41) is 3.11. The largest absolute Gasteiger partial charge is 0.415 e. The molecule has 2 amide bonds. The van der Waals surface area contributed by atoms with E-state index in [9.17, 15) is 9.59 Å². The Morgan fingerprint density at radius 1 is 0.962 bits per heavy atom. The highest BCUT2D eigenvalue weighted by Gasteiger charge is 2.25. The lowest BCUT2D eigenvalue weighted by Crippen LogP contribution is -2.42. The highest BCUT2D eigenvalue weighted by atomic mass is 16.6. The van der Waals surface area contributed by atoms with Crippen molar-refractivity contribution in [3.05, 3.63) is 30.3 Å². The van der Waals surface area contributed by atoms with Crippen LogP contribution in [0.4, 0.5) is 4.79 Å². The molecule has 1 heterocycles. The molecule has 1 aliphatic carbocycles. The molecular weight excluding hydrogens is 328 g/mol. The predicted molar refractivity (Wildman–Crippen MR) is 101 cm³/mol. The van der Waals surface area contributed by atoms with Gasteiger partial charge in [-0.05, 0) is 49.7 Å². The third-order valence-corrected chi connectivity index (χ3v) is 5.61. The summed E-state index contributed by atoms with van der Waals surface area (Å²) in [5.41, 5.74) is 0. The number of carbonyl (C=O) groups excluding carboxylic acids is 2. The fourth-order valence-corrected chi connectivity index (χ4v) is 3.96. The number of hydrogen-bond donors (Lipinski definition) is 1. The summed E-state index contributed by atoms with van der Waals surface area (Å²) >= 11 is 0. The summed E-state index contributed by atoms with van der Waals surface area (Å²) in [4.78, 5) is 26.1. The summed E-state index contributed by atoms with van der Waals surface area (Å²) in [6.45, 7) is 2.11. The predicted octanol–water partition coefficient (Wildman–Crippen LogP) is 3.98. The van der Waals surface area contributed by atoms with Crippen LogP contribution in [0.2, 0.25) is 0 Å². The Morgan fingerprint density at radius 3 is 2.35 bits per heavy atom. The zero-order valence-corrected chi connectivity index (χ0v) is 15.5. The van der Waals surface area contributed by atoms with E-state index in [2.05, 4.69) is 5.32 Å². The summed E-state index contributed by atoms with van der Waals surface area (Å²) in [5.74, 6) is 1.81. The van der Waals surface area contributed by atoms with Gasteiger partial charge in [-0.1, -0.05) is 37.5 Å². The first-order chi connectivity index (χ1) is 12.7. The number of ether oxygens (including phenoxy) is 1. The molecule has 2 aliphatic rings. The average Bonchev–Trinajstić information content (AvgIpc) is 2.68. The fraction of sp³-hybridized carbons (Fsp3) is 0.619. The van der Waals surface area contributed by atoms with Crippen LogP contribution in [0.5, 0.6) is 5.75 Å². The maximum absolute atomic E-state index is 12.2. The van der Waals surface area contributed by atoms with Gasteiger partial charge in [0, 0.05) is 26.1 Å². The van der Waals surface area contributed by atoms with Crippen molar-refractivity contribution >= 4 is 12.0 Å². The molecule has 0 unspecified atom stereocenters. The first-order valence-electron chi connectivity index (χ1n) is 9.99. The van der Waals surface area contributed by atoms with Crippen LogP contribution < -0.4 is 10.1 Å². The van der Waals surface area contributed by atoms with Gasteiger partial charge in [0.25, 0.3) is 0 Å². The number of hydrogen-bond acceptors (Lipinski definition) is 3. The minimum absolute atomic E-state index is 0.197. The van der Waals surface area contributed by atoms with Crippen LogP contribution in [0, 0.1) is 11.8 Å². The summed E-state index contributed by atoms with van der Waals surface area (Å²) in [7, 11) is 0. The zero-order chi connectivity index (χ0) is 18.2. The third kappa shape index (κ3) is 5.75. The number of nitrogens with zero attached hydrogens (tertiary/aromatic N) is 1. The second-order valence-corrected chi connectivity index (χ2v) is 7.62. The Balaban J connectivity index is 1.33. The number of nitrogens with one attached hydrogen (secondary N) is 1. The normalized spacial score (nSPS) is 19.2. The Morgan fingerprint density at radius 2 is 1.65 bits per heavy atom. The van der Waals surface area contributed by atoms with E-state index in [4.69, 9.17) is 4.74 Å². The Bertz CT molecular complexity index is 576. The maximum Gasteiger partial charge on any atom is 0.415 e. The third-order valence-electron chi connectivity index (χ3n) is 5.61. The zero-order valence-electron chi connectivity index (χ0n) is 15.5. The van der Waals surface area contributed by atoms with Crippen LogP contribution in [0.3, 0.4) is 0 Å². The number of para-hydroxylation sites is 1. The molecule has 5 heteroatoms. The number of rotatable bonds is 5. The molecule has 1 aromatic rings. The second kappa shape index (κ2) is 9.60. The van der Waals surface area contributed by atoms with Crippen molar-refractivity contribution in [2.24, 2.45) is 11.8 Å². The van der Waals surface area contributed by atoms with E-state index in [1.54, 1.807) is 17.0 Å². The van der Waals surface area contributed by atoms with Crippen molar-refractivity contribution in [2.75, 3.05) is 19.6 Å². The highest BCUT2D eigenvalue weighted by molar-refractivity contribution is 5.76. The van der Waals surface area contributed by atoms with Gasteiger partial charge in [-0.25, -0.2) is 4.79 Å². The molecule has 1 saturated heterocycles. The summed E-state index contributed by atoms with van der Waals surface area (Å²) < 4.78 is 5.39. The van der Waals surface area contributed by atoms with E-state index in [1.165, 1.54) is 32.1 Å². The van der Waals surface area contributed by atoms with Crippen LogP contribution in [0.15, 0.2) is 30.3 Å². The van der Waals surface area contributed by atoms with Gasteiger partial charge in [-0.2, -0.15) is 0 Å². The van der Waals surface area contributed by atoms with Crippen molar-refractivity contribution in [1.29, 1.82) is 0 Å². The van der Waals surface area contributed by atoms with Crippen LogP contribution in [0.25, 0.3) is 0 Å². The standard InChI is InChI=1S/C21H30N2O3/c24-20(15-17-7-3-1-4-8-17)22-16-18-11-13-23(14-12-18)21(25)26-19-9-5-2-6-10-19/h2,5-6,9-10,17-18H,1,3-4,7-8,11-16H2,(H,22,24). The van der Waals surface area contributed by atoms with E-state index >= 15 is 0 Å². The van der Waals surface area contributed by atoms with Crippen LogP contribution in [-0.4, -0.2) is 36.5 Å². The molecule has 1 aliphatic heterocycles. The molecule has 26 heavy (non-hydrogen) atoms. The number of amides is 2. The van der Waals surface area contributed by atoms with Gasteiger partial charge in [0.2, 0.25) is 5.91 Å². The minimum atomic E-state index is -0.281. The summed E-state index contributed by atoms with van der Waals surface area (Å²) in [6, 6.07) is 9.17. The van der Waals surface area contributed by atoms with Crippen molar-refractivity contribution in [1.82, 2.24) is 10.2 Å². The maximum atomic E-state index is 12.2. The van der Waals surface area contributed by atoms with Crippen molar-refractivity contribution in [2.45, 2.75) is 51.4 Å². The summed E-state index contributed by atoms with van der Waals surface area (Å²) in [6.07, 6.45) is 8.50. The molecule has 1 N–H and O–H groups in total. The Labute approximate surface area is 156 Å². The molecule has 5 nitrogen and oxygen atoms in total. The van der Waals surface area contributed by atoms with Crippen LogP contribution >= 0.6 is 0 Å². The van der Waals surface area contributed by atoms with Gasteiger partial charge < -0.3 is 15.0 Å². The second-order valence-electron chi connectivity index (χ2n) is 7.62. The topological polar surface area (TPSA) is 58.6 Å². The van der Waals surface area contributed by atoms with Gasteiger partial charge in [0.15, 0.2) is 0 Å². The molecule has 0 atom stereocenters. The lowest BCUT2D eigenvalue weighted by molar-refractivity contribution is -0.122. The molecule has 0 radical (unpaired) electrons. The molecular formula is C21H30N2O3. The lowest BCUT2D eigenvalue weighted by Gasteiger charge is -2.31. The average molecular weight is 358 g/mol. The molecule has 2 fully saturated rings. The fourth-order valence-electron chi connectivity index (χ4n) is 3.96.